The first-order valence-electron chi connectivity index (χ1n) is 6.72. The van der Waals surface area contributed by atoms with Gasteiger partial charge in [-0.2, -0.15) is 0 Å². The molecule has 0 saturated carbocycles. The zero-order valence-corrected chi connectivity index (χ0v) is 11.8. The summed E-state index contributed by atoms with van der Waals surface area (Å²) in [5.74, 6) is -0.394. The topological polar surface area (TPSA) is 70.8 Å². The molecule has 110 valence electrons. The maximum atomic E-state index is 12.6. The maximum Gasteiger partial charge on any atom is 0.303 e. The molecule has 21 heavy (non-hydrogen) atoms. The molecule has 0 fully saturated rings. The highest BCUT2D eigenvalue weighted by Gasteiger charge is 2.19. The van der Waals surface area contributed by atoms with E-state index in [-0.39, 0.29) is 12.3 Å². The molecule has 1 amide bonds. The predicted molar refractivity (Wildman–Crippen MR) is 78.4 cm³/mol. The van der Waals surface area contributed by atoms with Crippen LogP contribution in [0.1, 0.15) is 29.0 Å². The molecule has 1 heterocycles. The number of rotatable bonds is 6. The fourth-order valence-electron chi connectivity index (χ4n) is 2.06. The van der Waals surface area contributed by atoms with E-state index < -0.39 is 5.97 Å². The molecule has 1 N–H and O–H groups in total. The van der Waals surface area contributed by atoms with E-state index in [1.54, 1.807) is 17.9 Å². The maximum absolute atomic E-state index is 12.6. The zero-order valence-electron chi connectivity index (χ0n) is 11.8. The SMILES string of the molecule is Cc1cc(C(=O)N(CCCC(=O)O)c2ccccc2)co1. The second-order valence-corrected chi connectivity index (χ2v) is 4.74. The Morgan fingerprint density at radius 2 is 1.95 bits per heavy atom. The lowest BCUT2D eigenvalue weighted by molar-refractivity contribution is -0.137. The van der Waals surface area contributed by atoms with Crippen molar-refractivity contribution in [1.82, 2.24) is 0 Å². The highest BCUT2D eigenvalue weighted by atomic mass is 16.4. The van der Waals surface area contributed by atoms with Crippen LogP contribution < -0.4 is 4.90 Å². The quantitative estimate of drug-likeness (QED) is 0.886. The number of nitrogens with zero attached hydrogens (tertiary/aromatic N) is 1. The lowest BCUT2D eigenvalue weighted by atomic mass is 10.2. The van der Waals surface area contributed by atoms with Crippen molar-refractivity contribution in [3.8, 4) is 0 Å². The Hall–Kier alpha value is -2.56. The van der Waals surface area contributed by atoms with E-state index in [0.29, 0.717) is 24.3 Å². The van der Waals surface area contributed by atoms with Gasteiger partial charge in [0, 0.05) is 18.7 Å². The molecule has 0 aliphatic heterocycles. The number of furan rings is 1. The first-order valence-corrected chi connectivity index (χ1v) is 6.72. The zero-order chi connectivity index (χ0) is 15.2. The van der Waals surface area contributed by atoms with Crippen LogP contribution in [0.25, 0.3) is 0 Å². The number of hydrogen-bond donors (Lipinski definition) is 1. The van der Waals surface area contributed by atoms with Crippen molar-refractivity contribution in [3.05, 3.63) is 54.0 Å². The lowest BCUT2D eigenvalue weighted by Gasteiger charge is -2.22. The third-order valence-corrected chi connectivity index (χ3v) is 3.06. The number of amides is 1. The summed E-state index contributed by atoms with van der Waals surface area (Å²) in [6.45, 7) is 2.12. The van der Waals surface area contributed by atoms with Crippen LogP contribution in [0.5, 0.6) is 0 Å². The minimum atomic E-state index is -0.866. The van der Waals surface area contributed by atoms with Crippen LogP contribution in [0.15, 0.2) is 47.1 Å². The molecule has 2 rings (SSSR count). The molecule has 1 aromatic carbocycles. The fraction of sp³-hybridized carbons (Fsp3) is 0.250. The average molecular weight is 287 g/mol. The molecular formula is C16H17NO4. The van der Waals surface area contributed by atoms with Crippen molar-refractivity contribution in [2.45, 2.75) is 19.8 Å². The molecule has 5 nitrogen and oxygen atoms in total. The van der Waals surface area contributed by atoms with E-state index in [2.05, 4.69) is 0 Å². The number of para-hydroxylation sites is 1. The number of carboxylic acids is 1. The van der Waals surface area contributed by atoms with Gasteiger partial charge in [0.1, 0.15) is 12.0 Å². The number of carboxylic acid groups (broad SMARTS) is 1. The molecule has 0 saturated heterocycles. The van der Waals surface area contributed by atoms with E-state index in [1.165, 1.54) is 6.26 Å². The van der Waals surface area contributed by atoms with Gasteiger partial charge in [0.2, 0.25) is 0 Å². The Kier molecular flexibility index (Phi) is 4.77. The first-order chi connectivity index (χ1) is 10.1. The summed E-state index contributed by atoms with van der Waals surface area (Å²) in [4.78, 5) is 24.8. The Labute approximate surface area is 122 Å². The van der Waals surface area contributed by atoms with Crippen LogP contribution in [-0.2, 0) is 4.79 Å². The summed E-state index contributed by atoms with van der Waals surface area (Å²) in [6.07, 6.45) is 1.85. The molecule has 0 aliphatic carbocycles. The third-order valence-electron chi connectivity index (χ3n) is 3.06. The predicted octanol–water partition coefficient (Wildman–Crippen LogP) is 3.10. The standard InChI is InChI=1S/C16H17NO4/c1-12-10-13(11-21-12)16(20)17(9-5-8-15(18)19)14-6-3-2-4-7-14/h2-4,6-7,10-11H,5,8-9H2,1H3,(H,18,19). The Balaban J connectivity index is 2.19. The molecule has 2 aromatic rings. The fourth-order valence-corrected chi connectivity index (χ4v) is 2.06. The molecular weight excluding hydrogens is 270 g/mol. The molecule has 5 heteroatoms. The average Bonchev–Trinajstić information content (AvgIpc) is 2.90. The van der Waals surface area contributed by atoms with E-state index in [9.17, 15) is 9.59 Å². The van der Waals surface area contributed by atoms with Crippen molar-refractivity contribution < 1.29 is 19.1 Å². The van der Waals surface area contributed by atoms with Crippen LogP contribution in [0.3, 0.4) is 0 Å². The largest absolute Gasteiger partial charge is 0.481 e. The van der Waals surface area contributed by atoms with E-state index in [1.807, 2.05) is 30.3 Å². The molecule has 0 atom stereocenters. The van der Waals surface area contributed by atoms with Gasteiger partial charge in [0.05, 0.1) is 5.56 Å². The second-order valence-electron chi connectivity index (χ2n) is 4.74. The van der Waals surface area contributed by atoms with Gasteiger partial charge in [-0.05, 0) is 31.5 Å². The Morgan fingerprint density at radius 3 is 2.52 bits per heavy atom. The van der Waals surface area contributed by atoms with Crippen molar-refractivity contribution >= 4 is 17.6 Å². The van der Waals surface area contributed by atoms with Crippen molar-refractivity contribution in [1.29, 1.82) is 0 Å². The van der Waals surface area contributed by atoms with Crippen LogP contribution >= 0.6 is 0 Å². The van der Waals surface area contributed by atoms with Gasteiger partial charge >= 0.3 is 5.97 Å². The van der Waals surface area contributed by atoms with Gasteiger partial charge in [-0.1, -0.05) is 18.2 Å². The van der Waals surface area contributed by atoms with Crippen molar-refractivity contribution in [2.75, 3.05) is 11.4 Å². The van der Waals surface area contributed by atoms with E-state index in [0.717, 1.165) is 5.69 Å². The normalized spacial score (nSPS) is 10.3. The summed E-state index contributed by atoms with van der Waals surface area (Å²) < 4.78 is 5.17. The van der Waals surface area contributed by atoms with Gasteiger partial charge in [-0.25, -0.2) is 0 Å². The summed E-state index contributed by atoms with van der Waals surface area (Å²) in [5.41, 5.74) is 1.21. The summed E-state index contributed by atoms with van der Waals surface area (Å²) in [7, 11) is 0. The lowest BCUT2D eigenvalue weighted by Crippen LogP contribution is -2.32. The Bertz CT molecular complexity index is 618. The van der Waals surface area contributed by atoms with Crippen LogP contribution in [0, 0.1) is 6.92 Å². The summed E-state index contributed by atoms with van der Waals surface area (Å²) in [5, 5.41) is 8.74. The minimum Gasteiger partial charge on any atom is -0.481 e. The van der Waals surface area contributed by atoms with E-state index in [4.69, 9.17) is 9.52 Å². The van der Waals surface area contributed by atoms with Gasteiger partial charge in [-0.15, -0.1) is 0 Å². The third kappa shape index (κ3) is 3.95. The number of benzene rings is 1. The summed E-state index contributed by atoms with van der Waals surface area (Å²) in [6, 6.07) is 10.9. The molecule has 1 aromatic heterocycles. The molecule has 0 unspecified atom stereocenters. The number of aryl methyl sites for hydroxylation is 1. The first kappa shape index (κ1) is 14.8. The highest BCUT2D eigenvalue weighted by Crippen LogP contribution is 2.19. The number of carbonyl (C=O) groups is 2. The van der Waals surface area contributed by atoms with Crippen molar-refractivity contribution in [2.24, 2.45) is 0 Å². The monoisotopic (exact) mass is 287 g/mol. The number of anilines is 1. The number of aliphatic carboxylic acids is 1. The van der Waals surface area contributed by atoms with Gasteiger partial charge < -0.3 is 14.4 Å². The van der Waals surface area contributed by atoms with Crippen molar-refractivity contribution in [3.63, 3.8) is 0 Å². The molecule has 0 radical (unpaired) electrons. The molecule has 0 spiro atoms. The molecule has 0 aliphatic rings. The summed E-state index contributed by atoms with van der Waals surface area (Å²) >= 11 is 0. The number of carbonyl (C=O) groups excluding carboxylic acids is 1. The van der Waals surface area contributed by atoms with Crippen LogP contribution in [0.2, 0.25) is 0 Å². The van der Waals surface area contributed by atoms with Gasteiger partial charge in [0.15, 0.2) is 0 Å². The Morgan fingerprint density at radius 1 is 1.24 bits per heavy atom. The van der Waals surface area contributed by atoms with E-state index >= 15 is 0 Å². The van der Waals surface area contributed by atoms with Gasteiger partial charge in [0.25, 0.3) is 5.91 Å². The highest BCUT2D eigenvalue weighted by molar-refractivity contribution is 6.05. The van der Waals surface area contributed by atoms with Crippen LogP contribution in [0.4, 0.5) is 5.69 Å². The molecule has 0 bridgehead atoms. The minimum absolute atomic E-state index is 0.0288. The van der Waals surface area contributed by atoms with Crippen LogP contribution in [-0.4, -0.2) is 23.5 Å². The smallest absolute Gasteiger partial charge is 0.303 e. The van der Waals surface area contributed by atoms with Gasteiger partial charge in [-0.3, -0.25) is 9.59 Å². The second kappa shape index (κ2) is 6.74. The number of hydrogen-bond acceptors (Lipinski definition) is 3.